The lowest BCUT2D eigenvalue weighted by Gasteiger charge is -2.27. The lowest BCUT2D eigenvalue weighted by atomic mass is 10.3. The van der Waals surface area contributed by atoms with E-state index in [1.807, 2.05) is 23.5 Å². The highest BCUT2D eigenvalue weighted by molar-refractivity contribution is 8.38. The summed E-state index contributed by atoms with van der Waals surface area (Å²) in [5.41, 5.74) is 0. The Kier molecular flexibility index (Phi) is 3.84. The topological polar surface area (TPSA) is 40.5 Å². The minimum Gasteiger partial charge on any atom is -0.395 e. The van der Waals surface area contributed by atoms with E-state index in [2.05, 4.69) is 0 Å². The van der Waals surface area contributed by atoms with Gasteiger partial charge in [0, 0.05) is 15.6 Å². The second-order valence-electron chi connectivity index (χ2n) is 2.66. The van der Waals surface area contributed by atoms with Gasteiger partial charge in [0.2, 0.25) is 0 Å². The first kappa shape index (κ1) is 10.6. The third-order valence-corrected chi connectivity index (χ3v) is 8.08. The van der Waals surface area contributed by atoms with E-state index in [1.54, 1.807) is 23.5 Å². The largest absolute Gasteiger partial charge is 0.395 e. The third kappa shape index (κ3) is 2.18. The molecule has 2 aliphatic heterocycles. The Hall–Kier alpha value is 1.06. The van der Waals surface area contributed by atoms with Crippen LogP contribution in [0.15, 0.2) is 8.47 Å². The Bertz CT molecular complexity index is 209. The molecular weight excluding hydrogens is 244 g/mol. The van der Waals surface area contributed by atoms with E-state index in [-0.39, 0.29) is 23.7 Å². The minimum absolute atomic E-state index is 0.158. The molecule has 0 radical (unpaired) electrons. The van der Waals surface area contributed by atoms with Gasteiger partial charge in [-0.05, 0) is 0 Å². The van der Waals surface area contributed by atoms with Gasteiger partial charge in [-0.3, -0.25) is 0 Å². The zero-order valence-electron chi connectivity index (χ0n) is 6.80. The number of hydrogen-bond donors (Lipinski definition) is 2. The molecule has 2 N–H and O–H groups in total. The number of aliphatic hydroxyl groups excluding tert-OH is 2. The fraction of sp³-hybridized carbons (Fsp3) is 0.714. The van der Waals surface area contributed by atoms with Crippen LogP contribution in [0.5, 0.6) is 0 Å². The van der Waals surface area contributed by atoms with Crippen molar-refractivity contribution >= 4 is 47.0 Å². The quantitative estimate of drug-likeness (QED) is 0.782. The second-order valence-corrected chi connectivity index (χ2v) is 8.01. The molecule has 6 heteroatoms. The van der Waals surface area contributed by atoms with Crippen molar-refractivity contribution < 1.29 is 10.2 Å². The molecule has 0 aromatic rings. The van der Waals surface area contributed by atoms with Crippen LogP contribution in [0, 0.1) is 0 Å². The first-order valence-electron chi connectivity index (χ1n) is 3.90. The number of aliphatic hydroxyl groups is 2. The van der Waals surface area contributed by atoms with Crippen molar-refractivity contribution in [3.63, 3.8) is 0 Å². The molecule has 0 amide bonds. The van der Waals surface area contributed by atoms with Gasteiger partial charge < -0.3 is 10.2 Å². The first-order valence-corrected chi connectivity index (χ1v) is 7.63. The van der Waals surface area contributed by atoms with Gasteiger partial charge in [-0.25, -0.2) is 0 Å². The van der Waals surface area contributed by atoms with Crippen LogP contribution in [-0.4, -0.2) is 39.0 Å². The second kappa shape index (κ2) is 4.72. The fourth-order valence-electron chi connectivity index (χ4n) is 1.16. The van der Waals surface area contributed by atoms with Crippen LogP contribution in [0.4, 0.5) is 0 Å². The van der Waals surface area contributed by atoms with Crippen LogP contribution in [-0.2, 0) is 0 Å². The Morgan fingerprint density at radius 3 is 1.85 bits per heavy atom. The Labute approximate surface area is 94.3 Å². The zero-order valence-corrected chi connectivity index (χ0v) is 10.1. The van der Waals surface area contributed by atoms with Crippen molar-refractivity contribution in [1.82, 2.24) is 0 Å². The average molecular weight is 254 g/mol. The van der Waals surface area contributed by atoms with E-state index in [1.165, 1.54) is 8.47 Å². The summed E-state index contributed by atoms with van der Waals surface area (Å²) in [5, 5.41) is 19.7. The van der Waals surface area contributed by atoms with Crippen molar-refractivity contribution in [1.29, 1.82) is 0 Å². The lowest BCUT2D eigenvalue weighted by Crippen LogP contribution is -2.29. The summed E-state index contributed by atoms with van der Waals surface area (Å²) < 4.78 is 2.69. The van der Waals surface area contributed by atoms with E-state index in [0.29, 0.717) is 0 Å². The summed E-state index contributed by atoms with van der Waals surface area (Å²) in [6.07, 6.45) is 0. The van der Waals surface area contributed by atoms with Gasteiger partial charge in [-0.2, -0.15) is 0 Å². The van der Waals surface area contributed by atoms with Crippen LogP contribution in [0.3, 0.4) is 0 Å². The minimum atomic E-state index is 0.158. The summed E-state index contributed by atoms with van der Waals surface area (Å²) >= 11 is 7.15. The van der Waals surface area contributed by atoms with E-state index in [9.17, 15) is 0 Å². The molecule has 2 aliphatic rings. The summed E-state index contributed by atoms with van der Waals surface area (Å²) in [4.78, 5) is 0. The highest BCUT2D eigenvalue weighted by Crippen LogP contribution is 2.57. The van der Waals surface area contributed by atoms with E-state index in [4.69, 9.17) is 10.2 Å². The summed E-state index contributed by atoms with van der Waals surface area (Å²) in [6, 6.07) is 0. The Morgan fingerprint density at radius 2 is 1.46 bits per heavy atom. The lowest BCUT2D eigenvalue weighted by molar-refractivity contribution is 0.253. The fourth-order valence-corrected chi connectivity index (χ4v) is 7.62. The number of rotatable bonds is 2. The maximum absolute atomic E-state index is 9.13. The molecule has 2 heterocycles. The number of hydrogen-bond acceptors (Lipinski definition) is 6. The van der Waals surface area contributed by atoms with Crippen LogP contribution < -0.4 is 0 Å². The molecule has 2 nitrogen and oxygen atoms in total. The Morgan fingerprint density at radius 1 is 1.00 bits per heavy atom. The third-order valence-electron chi connectivity index (χ3n) is 1.84. The maximum atomic E-state index is 9.13. The normalized spacial score (nSPS) is 33.7. The van der Waals surface area contributed by atoms with Crippen LogP contribution in [0.25, 0.3) is 0 Å². The highest BCUT2D eigenvalue weighted by atomic mass is 32.3. The maximum Gasteiger partial charge on any atom is 0.0615 e. The SMILES string of the molecule is OC[C@H]1SC2=C(SCS2)S[C@@H]1CO. The monoisotopic (exact) mass is 254 g/mol. The van der Waals surface area contributed by atoms with Crippen LogP contribution in [0.2, 0.25) is 0 Å². The molecule has 74 valence electrons. The molecule has 0 fully saturated rings. The highest BCUT2D eigenvalue weighted by Gasteiger charge is 2.33. The molecule has 0 bridgehead atoms. The van der Waals surface area contributed by atoms with Crippen molar-refractivity contribution in [3.8, 4) is 0 Å². The van der Waals surface area contributed by atoms with E-state index < -0.39 is 0 Å². The molecule has 0 saturated heterocycles. The van der Waals surface area contributed by atoms with Crippen molar-refractivity contribution in [2.75, 3.05) is 18.3 Å². The van der Waals surface area contributed by atoms with Gasteiger partial charge in [0.25, 0.3) is 0 Å². The molecular formula is C7H10O2S4. The average Bonchev–Trinajstić information content (AvgIpc) is 2.62. The molecule has 0 saturated carbocycles. The predicted molar refractivity (Wildman–Crippen MR) is 64.0 cm³/mol. The van der Waals surface area contributed by atoms with E-state index >= 15 is 0 Å². The standard InChI is InChI=1S/C7H10O2S4/c8-1-4-5(2-9)13-7-6(12-4)10-3-11-7/h4-5,8-9H,1-3H2/t4-,5-/m1/s1. The van der Waals surface area contributed by atoms with Crippen LogP contribution >= 0.6 is 47.0 Å². The molecule has 13 heavy (non-hydrogen) atoms. The Balaban J connectivity index is 2.10. The molecule has 0 aromatic carbocycles. The number of thioether (sulfide) groups is 4. The van der Waals surface area contributed by atoms with Gasteiger partial charge in [-0.1, -0.05) is 0 Å². The van der Waals surface area contributed by atoms with Crippen LogP contribution in [0.1, 0.15) is 0 Å². The van der Waals surface area contributed by atoms with Gasteiger partial charge in [-0.15, -0.1) is 47.0 Å². The van der Waals surface area contributed by atoms with Gasteiger partial charge >= 0.3 is 0 Å². The molecule has 2 rings (SSSR count). The summed E-state index contributed by atoms with van der Waals surface area (Å²) in [5.74, 6) is 0. The molecule has 0 aromatic heterocycles. The van der Waals surface area contributed by atoms with Crippen molar-refractivity contribution in [2.45, 2.75) is 10.5 Å². The van der Waals surface area contributed by atoms with Crippen molar-refractivity contribution in [2.24, 2.45) is 0 Å². The smallest absolute Gasteiger partial charge is 0.0615 e. The molecule has 0 unspecified atom stereocenters. The molecule has 2 atom stereocenters. The van der Waals surface area contributed by atoms with E-state index in [0.717, 1.165) is 5.08 Å². The summed E-state index contributed by atoms with van der Waals surface area (Å²) in [6.45, 7) is 0.315. The molecule has 0 aliphatic carbocycles. The van der Waals surface area contributed by atoms with Gasteiger partial charge in [0.1, 0.15) is 0 Å². The summed E-state index contributed by atoms with van der Waals surface area (Å²) in [7, 11) is 0. The van der Waals surface area contributed by atoms with Crippen molar-refractivity contribution in [3.05, 3.63) is 8.47 Å². The van der Waals surface area contributed by atoms with Gasteiger partial charge in [0.05, 0.1) is 21.7 Å². The molecule has 0 spiro atoms. The predicted octanol–water partition coefficient (Wildman–Crippen LogP) is 1.75. The zero-order chi connectivity index (χ0) is 9.26. The van der Waals surface area contributed by atoms with Gasteiger partial charge in [0.15, 0.2) is 0 Å². The first-order chi connectivity index (χ1) is 6.35.